The Kier molecular flexibility index (Phi) is 8.64. The van der Waals surface area contributed by atoms with E-state index in [1.165, 1.54) is 11.1 Å². The molecule has 2 aromatic carbocycles. The fourth-order valence-electron chi connectivity index (χ4n) is 4.17. The maximum absolute atomic E-state index is 12.7. The van der Waals surface area contributed by atoms with Gasteiger partial charge in [-0.05, 0) is 63.9 Å². The zero-order valence-electron chi connectivity index (χ0n) is 20.4. The number of rotatable bonds is 7. The van der Waals surface area contributed by atoms with Crippen LogP contribution < -0.4 is 10.6 Å². The van der Waals surface area contributed by atoms with Gasteiger partial charge in [0, 0.05) is 18.6 Å². The van der Waals surface area contributed by atoms with Crippen LogP contribution in [0.2, 0.25) is 0 Å². The summed E-state index contributed by atoms with van der Waals surface area (Å²) < 4.78 is 0. The molecular formula is C27H38N4O2. The summed E-state index contributed by atoms with van der Waals surface area (Å²) in [5, 5.41) is 6.16. The van der Waals surface area contributed by atoms with Gasteiger partial charge in [0.05, 0.1) is 19.1 Å². The van der Waals surface area contributed by atoms with Crippen molar-refractivity contribution in [2.75, 3.05) is 39.3 Å². The first-order valence-electron chi connectivity index (χ1n) is 11.9. The Morgan fingerprint density at radius 2 is 1.36 bits per heavy atom. The molecule has 2 N–H and O–H groups in total. The fourth-order valence-corrected chi connectivity index (χ4v) is 4.17. The van der Waals surface area contributed by atoms with Crippen molar-refractivity contribution in [3.05, 3.63) is 60.2 Å². The Bertz CT molecular complexity index is 906. The standard InChI is InChI=1S/C27H38N4O2/c1-21(22-11-13-24(14-12-22)23-9-6-5-7-10-23)28-25(32)19-30-15-8-16-31(18-17-30)20-26(33)29-27(2,3)4/h5-7,9-14,21H,8,15-20H2,1-4H3,(H,28,32)(H,29,33)/t21-/m1/s1. The van der Waals surface area contributed by atoms with Gasteiger partial charge in [0.15, 0.2) is 0 Å². The van der Waals surface area contributed by atoms with E-state index in [0.717, 1.165) is 38.2 Å². The first-order valence-corrected chi connectivity index (χ1v) is 11.9. The molecule has 0 aromatic heterocycles. The fraction of sp³-hybridized carbons (Fsp3) is 0.481. The lowest BCUT2D eigenvalue weighted by molar-refractivity contribution is -0.124. The molecule has 1 aliphatic heterocycles. The average molecular weight is 451 g/mol. The summed E-state index contributed by atoms with van der Waals surface area (Å²) in [6.07, 6.45) is 0.951. The van der Waals surface area contributed by atoms with Gasteiger partial charge in [0.2, 0.25) is 11.8 Å². The number of hydrogen-bond donors (Lipinski definition) is 2. The van der Waals surface area contributed by atoms with Crippen LogP contribution in [0.5, 0.6) is 0 Å². The third-order valence-corrected chi connectivity index (χ3v) is 5.83. The molecule has 1 fully saturated rings. The second-order valence-electron chi connectivity index (χ2n) is 9.98. The Morgan fingerprint density at radius 1 is 0.818 bits per heavy atom. The maximum atomic E-state index is 12.7. The van der Waals surface area contributed by atoms with Crippen molar-refractivity contribution in [2.24, 2.45) is 0 Å². The van der Waals surface area contributed by atoms with E-state index < -0.39 is 0 Å². The van der Waals surface area contributed by atoms with E-state index >= 15 is 0 Å². The van der Waals surface area contributed by atoms with Crippen molar-refractivity contribution in [2.45, 2.75) is 45.7 Å². The molecule has 0 aliphatic carbocycles. The third-order valence-electron chi connectivity index (χ3n) is 5.83. The van der Waals surface area contributed by atoms with Gasteiger partial charge in [-0.25, -0.2) is 0 Å². The molecule has 1 aliphatic rings. The van der Waals surface area contributed by atoms with Gasteiger partial charge < -0.3 is 10.6 Å². The van der Waals surface area contributed by atoms with Crippen LogP contribution >= 0.6 is 0 Å². The first kappa shape index (κ1) is 24.9. The van der Waals surface area contributed by atoms with Crippen molar-refractivity contribution in [3.8, 4) is 11.1 Å². The number of carbonyl (C=O) groups is 2. The van der Waals surface area contributed by atoms with Gasteiger partial charge in [0.1, 0.15) is 0 Å². The van der Waals surface area contributed by atoms with Crippen molar-refractivity contribution >= 4 is 11.8 Å². The van der Waals surface area contributed by atoms with E-state index in [0.29, 0.717) is 13.1 Å². The van der Waals surface area contributed by atoms with Crippen molar-refractivity contribution < 1.29 is 9.59 Å². The Hall–Kier alpha value is -2.70. The molecule has 0 bridgehead atoms. The predicted octanol–water partition coefficient (Wildman–Crippen LogP) is 3.45. The number of nitrogens with one attached hydrogen (secondary N) is 2. The number of nitrogens with zero attached hydrogens (tertiary/aromatic N) is 2. The summed E-state index contributed by atoms with van der Waals surface area (Å²) in [6, 6.07) is 18.6. The molecular weight excluding hydrogens is 412 g/mol. The van der Waals surface area contributed by atoms with Crippen molar-refractivity contribution in [3.63, 3.8) is 0 Å². The van der Waals surface area contributed by atoms with Gasteiger partial charge >= 0.3 is 0 Å². The zero-order valence-corrected chi connectivity index (χ0v) is 20.4. The van der Waals surface area contributed by atoms with Crippen LogP contribution in [0.1, 0.15) is 45.7 Å². The Balaban J connectivity index is 1.45. The minimum atomic E-state index is -0.217. The lowest BCUT2D eigenvalue weighted by atomic mass is 10.0. The summed E-state index contributed by atoms with van der Waals surface area (Å²) >= 11 is 0. The minimum Gasteiger partial charge on any atom is -0.350 e. The van der Waals surface area contributed by atoms with Crippen LogP contribution in [-0.2, 0) is 9.59 Å². The quantitative estimate of drug-likeness (QED) is 0.678. The van der Waals surface area contributed by atoms with Crippen LogP contribution in [0.4, 0.5) is 0 Å². The number of benzene rings is 2. The molecule has 6 nitrogen and oxygen atoms in total. The van der Waals surface area contributed by atoms with Gasteiger partial charge in [0.25, 0.3) is 0 Å². The molecule has 178 valence electrons. The SMILES string of the molecule is C[C@@H](NC(=O)CN1CCCN(CC(=O)NC(C)(C)C)CC1)c1ccc(-c2ccccc2)cc1. The van der Waals surface area contributed by atoms with Crippen LogP contribution in [-0.4, -0.2) is 66.4 Å². The Labute approximate surface area is 198 Å². The van der Waals surface area contributed by atoms with Gasteiger partial charge in [-0.2, -0.15) is 0 Å². The highest BCUT2D eigenvalue weighted by Gasteiger charge is 2.21. The third kappa shape index (κ3) is 8.30. The molecule has 2 amide bonds. The number of carbonyl (C=O) groups excluding carboxylic acids is 2. The lowest BCUT2D eigenvalue weighted by Crippen LogP contribution is -2.46. The summed E-state index contributed by atoms with van der Waals surface area (Å²) in [5.74, 6) is 0.0920. The molecule has 0 saturated carbocycles. The monoisotopic (exact) mass is 450 g/mol. The molecule has 1 heterocycles. The van der Waals surface area contributed by atoms with Crippen LogP contribution in [0, 0.1) is 0 Å². The molecule has 3 rings (SSSR count). The molecule has 0 spiro atoms. The summed E-state index contributed by atoms with van der Waals surface area (Å²) in [5.41, 5.74) is 3.23. The highest BCUT2D eigenvalue weighted by atomic mass is 16.2. The molecule has 1 atom stereocenters. The lowest BCUT2D eigenvalue weighted by Gasteiger charge is -2.25. The zero-order chi connectivity index (χ0) is 23.8. The van der Waals surface area contributed by atoms with E-state index in [2.05, 4.69) is 56.8 Å². The maximum Gasteiger partial charge on any atom is 0.234 e. The van der Waals surface area contributed by atoms with E-state index in [9.17, 15) is 9.59 Å². The van der Waals surface area contributed by atoms with Crippen LogP contribution in [0.3, 0.4) is 0 Å². The van der Waals surface area contributed by atoms with E-state index in [4.69, 9.17) is 0 Å². The summed E-state index contributed by atoms with van der Waals surface area (Å²) in [7, 11) is 0. The summed E-state index contributed by atoms with van der Waals surface area (Å²) in [4.78, 5) is 29.3. The average Bonchev–Trinajstić information content (AvgIpc) is 2.98. The molecule has 33 heavy (non-hydrogen) atoms. The summed E-state index contributed by atoms with van der Waals surface area (Å²) in [6.45, 7) is 12.1. The first-order chi connectivity index (χ1) is 15.7. The molecule has 6 heteroatoms. The van der Waals surface area contributed by atoms with Gasteiger partial charge in [-0.3, -0.25) is 19.4 Å². The van der Waals surface area contributed by atoms with Gasteiger partial charge in [-0.1, -0.05) is 54.6 Å². The van der Waals surface area contributed by atoms with E-state index in [-0.39, 0.29) is 23.4 Å². The predicted molar refractivity (Wildman–Crippen MR) is 134 cm³/mol. The highest BCUT2D eigenvalue weighted by Crippen LogP contribution is 2.21. The topological polar surface area (TPSA) is 64.7 Å². The molecule has 2 aromatic rings. The van der Waals surface area contributed by atoms with Crippen LogP contribution in [0.15, 0.2) is 54.6 Å². The smallest absolute Gasteiger partial charge is 0.234 e. The largest absolute Gasteiger partial charge is 0.350 e. The normalized spacial score (nSPS) is 16.6. The minimum absolute atomic E-state index is 0.0357. The highest BCUT2D eigenvalue weighted by molar-refractivity contribution is 5.79. The number of hydrogen-bond acceptors (Lipinski definition) is 4. The molecule has 1 saturated heterocycles. The van der Waals surface area contributed by atoms with E-state index in [1.54, 1.807) is 0 Å². The van der Waals surface area contributed by atoms with Gasteiger partial charge in [-0.15, -0.1) is 0 Å². The van der Waals surface area contributed by atoms with Crippen LogP contribution in [0.25, 0.3) is 11.1 Å². The van der Waals surface area contributed by atoms with E-state index in [1.807, 2.05) is 45.9 Å². The second kappa shape index (κ2) is 11.4. The second-order valence-corrected chi connectivity index (χ2v) is 9.98. The Morgan fingerprint density at radius 3 is 1.94 bits per heavy atom. The number of amides is 2. The molecule has 0 radical (unpaired) electrons. The van der Waals surface area contributed by atoms with Crippen molar-refractivity contribution in [1.29, 1.82) is 0 Å². The molecule has 0 unspecified atom stereocenters. The van der Waals surface area contributed by atoms with Crippen molar-refractivity contribution in [1.82, 2.24) is 20.4 Å².